The van der Waals surface area contributed by atoms with Crippen molar-refractivity contribution in [1.82, 2.24) is 0 Å². The molecular weight excluding hydrogens is 456 g/mol. The Hall–Kier alpha value is -4.52. The van der Waals surface area contributed by atoms with Crippen molar-refractivity contribution in [2.45, 2.75) is 0 Å². The number of carbonyl (C=O) groups is 2. The number of hydrogen-bond donors (Lipinski definition) is 2. The minimum Gasteiger partial charge on any atom is -0.495 e. The van der Waals surface area contributed by atoms with Crippen LogP contribution in [0.15, 0.2) is 48.5 Å². The molecule has 0 radical (unpaired) electrons. The van der Waals surface area contributed by atoms with Crippen molar-refractivity contribution in [3.05, 3.63) is 78.5 Å². The molecule has 0 saturated heterocycles. The van der Waals surface area contributed by atoms with E-state index in [1.807, 2.05) is 0 Å². The van der Waals surface area contributed by atoms with E-state index in [4.69, 9.17) is 9.47 Å². The number of thiophene rings is 1. The summed E-state index contributed by atoms with van der Waals surface area (Å²) in [5.41, 5.74) is -0.277. The molecule has 0 atom stereocenters. The van der Waals surface area contributed by atoms with E-state index in [9.17, 15) is 29.8 Å². The number of nitrogens with one attached hydrogen (secondary N) is 2. The Kier molecular flexibility index (Phi) is 6.83. The lowest BCUT2D eigenvalue weighted by molar-refractivity contribution is -0.385. The number of carbonyl (C=O) groups excluding carboxylic acids is 2. The molecule has 0 saturated carbocycles. The summed E-state index contributed by atoms with van der Waals surface area (Å²) in [6, 6.07) is 10.3. The summed E-state index contributed by atoms with van der Waals surface area (Å²) >= 11 is 0.862. The van der Waals surface area contributed by atoms with E-state index in [0.29, 0.717) is 0 Å². The lowest BCUT2D eigenvalue weighted by Crippen LogP contribution is -2.12. The van der Waals surface area contributed by atoms with Crippen molar-refractivity contribution >= 4 is 45.9 Å². The van der Waals surface area contributed by atoms with Crippen LogP contribution >= 0.6 is 11.3 Å². The first-order valence-corrected chi connectivity index (χ1v) is 9.92. The number of amides is 2. The third kappa shape index (κ3) is 5.22. The van der Waals surface area contributed by atoms with Crippen LogP contribution in [0.5, 0.6) is 11.5 Å². The van der Waals surface area contributed by atoms with Crippen molar-refractivity contribution in [1.29, 1.82) is 0 Å². The van der Waals surface area contributed by atoms with E-state index in [1.54, 1.807) is 0 Å². The van der Waals surface area contributed by atoms with Gasteiger partial charge < -0.3 is 20.1 Å². The molecule has 2 aromatic carbocycles. The predicted molar refractivity (Wildman–Crippen MR) is 120 cm³/mol. The zero-order chi connectivity index (χ0) is 24.1. The van der Waals surface area contributed by atoms with Gasteiger partial charge in [-0.3, -0.25) is 29.8 Å². The van der Waals surface area contributed by atoms with Gasteiger partial charge in [-0.1, -0.05) is 0 Å². The van der Waals surface area contributed by atoms with Crippen LogP contribution in [0.25, 0.3) is 0 Å². The van der Waals surface area contributed by atoms with Crippen LogP contribution in [0.2, 0.25) is 0 Å². The number of anilines is 2. The number of hydrogen-bond acceptors (Lipinski definition) is 9. The summed E-state index contributed by atoms with van der Waals surface area (Å²) in [5, 5.41) is 27.1. The monoisotopic (exact) mass is 472 g/mol. The second kappa shape index (κ2) is 9.74. The summed E-state index contributed by atoms with van der Waals surface area (Å²) in [5.74, 6) is -0.765. The van der Waals surface area contributed by atoms with Gasteiger partial charge in [0.2, 0.25) is 0 Å². The molecule has 1 heterocycles. The normalized spacial score (nSPS) is 10.2. The fraction of sp³-hybridized carbons (Fsp3) is 0.100. The summed E-state index contributed by atoms with van der Waals surface area (Å²) < 4.78 is 10.2. The highest BCUT2D eigenvalue weighted by Gasteiger charge is 2.19. The number of rotatable bonds is 8. The van der Waals surface area contributed by atoms with Gasteiger partial charge in [0.15, 0.2) is 0 Å². The Bertz CT molecular complexity index is 1160. The van der Waals surface area contributed by atoms with E-state index in [-0.39, 0.29) is 44.0 Å². The molecule has 1 aromatic heterocycles. The molecule has 3 aromatic rings. The lowest BCUT2D eigenvalue weighted by Gasteiger charge is -2.09. The smallest absolute Gasteiger partial charge is 0.271 e. The van der Waals surface area contributed by atoms with Crippen LogP contribution in [-0.4, -0.2) is 35.9 Å². The van der Waals surface area contributed by atoms with Crippen LogP contribution in [0.1, 0.15) is 19.3 Å². The summed E-state index contributed by atoms with van der Waals surface area (Å²) in [6.07, 6.45) is 0. The number of nitro benzene ring substituents is 2. The molecule has 0 aliphatic heterocycles. The number of nitrogens with zero attached hydrogens (tertiary/aromatic N) is 2. The number of nitro groups is 2. The molecule has 12 nitrogen and oxygen atoms in total. The SMILES string of the molecule is COc1ccc([N+](=O)[O-])cc1NC(=O)c1ccc(C(=O)Nc2cc([N+](=O)[O-])ccc2OC)s1. The summed E-state index contributed by atoms with van der Waals surface area (Å²) in [4.78, 5) is 46.4. The molecule has 0 fully saturated rings. The van der Waals surface area contributed by atoms with Crippen molar-refractivity contribution in [3.8, 4) is 11.5 Å². The van der Waals surface area contributed by atoms with Crippen molar-refractivity contribution in [2.75, 3.05) is 24.9 Å². The molecule has 170 valence electrons. The maximum absolute atomic E-state index is 12.6. The fourth-order valence-electron chi connectivity index (χ4n) is 2.76. The van der Waals surface area contributed by atoms with Gasteiger partial charge in [0.25, 0.3) is 23.2 Å². The van der Waals surface area contributed by atoms with Gasteiger partial charge in [0, 0.05) is 24.3 Å². The summed E-state index contributed by atoms with van der Waals surface area (Å²) in [6.45, 7) is 0. The van der Waals surface area contributed by atoms with Gasteiger partial charge in [-0.2, -0.15) is 0 Å². The number of ether oxygens (including phenoxy) is 2. The zero-order valence-electron chi connectivity index (χ0n) is 17.2. The maximum Gasteiger partial charge on any atom is 0.271 e. The van der Waals surface area contributed by atoms with Crippen molar-refractivity contribution in [2.24, 2.45) is 0 Å². The summed E-state index contributed by atoms with van der Waals surface area (Å²) in [7, 11) is 2.71. The van der Waals surface area contributed by atoms with Gasteiger partial charge in [0.1, 0.15) is 11.5 Å². The largest absolute Gasteiger partial charge is 0.495 e. The van der Waals surface area contributed by atoms with Crippen LogP contribution in [0.3, 0.4) is 0 Å². The number of benzene rings is 2. The lowest BCUT2D eigenvalue weighted by atomic mass is 10.2. The minimum atomic E-state index is -0.606. The Morgan fingerprint density at radius 1 is 0.758 bits per heavy atom. The quantitative estimate of drug-likeness (QED) is 0.366. The molecule has 3 rings (SSSR count). The Balaban J connectivity index is 1.79. The first kappa shape index (κ1) is 23.1. The second-order valence-corrected chi connectivity index (χ2v) is 7.44. The third-order valence-corrected chi connectivity index (χ3v) is 5.42. The average Bonchev–Trinajstić information content (AvgIpc) is 3.29. The van der Waals surface area contributed by atoms with Gasteiger partial charge >= 0.3 is 0 Å². The molecule has 0 bridgehead atoms. The van der Waals surface area contributed by atoms with E-state index < -0.39 is 21.7 Å². The molecule has 0 aliphatic carbocycles. The molecular formula is C20H16N4O8S. The molecule has 0 unspecified atom stereocenters. The van der Waals surface area contributed by atoms with Crippen LogP contribution < -0.4 is 20.1 Å². The number of non-ortho nitro benzene ring substituents is 2. The molecule has 13 heteroatoms. The van der Waals surface area contributed by atoms with Gasteiger partial charge in [-0.15, -0.1) is 11.3 Å². The fourth-order valence-corrected chi connectivity index (χ4v) is 3.56. The average molecular weight is 472 g/mol. The highest BCUT2D eigenvalue weighted by Crippen LogP contribution is 2.31. The molecule has 0 spiro atoms. The van der Waals surface area contributed by atoms with Crippen molar-refractivity contribution < 1.29 is 28.9 Å². The van der Waals surface area contributed by atoms with Gasteiger partial charge in [-0.25, -0.2) is 0 Å². The van der Waals surface area contributed by atoms with Gasteiger partial charge in [0.05, 0.1) is 45.2 Å². The van der Waals surface area contributed by atoms with Crippen molar-refractivity contribution in [3.63, 3.8) is 0 Å². The highest BCUT2D eigenvalue weighted by atomic mass is 32.1. The Labute approximate surface area is 190 Å². The predicted octanol–water partition coefficient (Wildman–Crippen LogP) is 4.09. The first-order valence-electron chi connectivity index (χ1n) is 9.11. The van der Waals surface area contributed by atoms with E-state index in [2.05, 4.69) is 10.6 Å². The standard InChI is InChI=1S/C20H16N4O8S/c1-31-15-5-3-11(23(27)28)9-13(15)21-19(25)17-7-8-18(33-17)20(26)22-14-10-12(24(29)30)4-6-16(14)32-2/h3-10H,1-2H3,(H,21,25)(H,22,26). The maximum atomic E-state index is 12.6. The van der Waals surface area contributed by atoms with E-state index >= 15 is 0 Å². The molecule has 33 heavy (non-hydrogen) atoms. The van der Waals surface area contributed by atoms with E-state index in [0.717, 1.165) is 23.5 Å². The van der Waals surface area contributed by atoms with E-state index in [1.165, 1.54) is 50.6 Å². The Morgan fingerprint density at radius 3 is 1.48 bits per heavy atom. The highest BCUT2D eigenvalue weighted by molar-refractivity contribution is 7.16. The zero-order valence-corrected chi connectivity index (χ0v) is 18.0. The third-order valence-electron chi connectivity index (χ3n) is 4.34. The van der Waals surface area contributed by atoms with Gasteiger partial charge in [-0.05, 0) is 24.3 Å². The molecule has 2 amide bonds. The molecule has 0 aliphatic rings. The molecule has 2 N–H and O–H groups in total. The minimum absolute atomic E-state index is 0.0948. The van der Waals surface area contributed by atoms with Crippen LogP contribution in [0, 0.1) is 20.2 Å². The topological polar surface area (TPSA) is 163 Å². The second-order valence-electron chi connectivity index (χ2n) is 6.36. The van der Waals surface area contributed by atoms with Crippen LogP contribution in [0.4, 0.5) is 22.7 Å². The van der Waals surface area contributed by atoms with Crippen LogP contribution in [-0.2, 0) is 0 Å². The Morgan fingerprint density at radius 2 is 1.15 bits per heavy atom. The first-order chi connectivity index (χ1) is 15.7. The number of methoxy groups -OCH3 is 2.